The van der Waals surface area contributed by atoms with Crippen molar-refractivity contribution >= 4 is 0 Å². The monoisotopic (exact) mass is 336 g/mol. The van der Waals surface area contributed by atoms with Crippen LogP contribution in [0.15, 0.2) is 0 Å². The van der Waals surface area contributed by atoms with Crippen molar-refractivity contribution in [1.29, 1.82) is 0 Å². The Morgan fingerprint density at radius 3 is 1.71 bits per heavy atom. The molecule has 4 heteroatoms. The minimum Gasteiger partial charge on any atom is -0.297 e. The van der Waals surface area contributed by atoms with Gasteiger partial charge in [-0.05, 0) is 60.9 Å². The first-order valence-electron chi connectivity index (χ1n) is 10.1. The molecule has 140 valence electrons. The van der Waals surface area contributed by atoms with Gasteiger partial charge in [0.2, 0.25) is 0 Å². The highest BCUT2D eigenvalue weighted by Crippen LogP contribution is 2.28. The van der Waals surface area contributed by atoms with E-state index in [9.17, 15) is 0 Å². The van der Waals surface area contributed by atoms with Crippen LogP contribution in [0, 0.1) is 0 Å². The number of nitrogens with zero attached hydrogens (tertiary/aromatic N) is 4. The van der Waals surface area contributed by atoms with Crippen molar-refractivity contribution in [3.05, 3.63) is 0 Å². The number of piperazine rings is 1. The predicted molar refractivity (Wildman–Crippen MR) is 103 cm³/mol. The second-order valence-corrected chi connectivity index (χ2v) is 10.2. The zero-order valence-corrected chi connectivity index (χ0v) is 17.0. The Morgan fingerprint density at radius 1 is 0.583 bits per heavy atom. The summed E-state index contributed by atoms with van der Waals surface area (Å²) < 4.78 is 0. The van der Waals surface area contributed by atoms with Crippen LogP contribution in [0.2, 0.25) is 0 Å². The fraction of sp³-hybridized carbons (Fsp3) is 1.00. The molecular formula is C20H40N4. The molecule has 0 N–H and O–H groups in total. The molecule has 0 amide bonds. The summed E-state index contributed by atoms with van der Waals surface area (Å²) in [6.07, 6.45) is 2.77. The van der Waals surface area contributed by atoms with Crippen LogP contribution in [-0.2, 0) is 0 Å². The van der Waals surface area contributed by atoms with Gasteiger partial charge in [0.1, 0.15) is 0 Å². The summed E-state index contributed by atoms with van der Waals surface area (Å²) in [6, 6.07) is 1.61. The van der Waals surface area contributed by atoms with E-state index in [4.69, 9.17) is 0 Å². The number of hydrogen-bond acceptors (Lipinski definition) is 4. The molecule has 0 bridgehead atoms. The molecule has 0 aromatic rings. The molecule has 3 rings (SSSR count). The standard InChI is InChI=1S/C20H40N4/c1-19(2,3)23-12-10-21(11-13-23)18-14-22(15-18)17-8-7-9-24(16-17)20(4,5)6/h17-18H,7-16H2,1-6H3. The number of rotatable bonds is 2. The van der Waals surface area contributed by atoms with Gasteiger partial charge in [0.15, 0.2) is 0 Å². The predicted octanol–water partition coefficient (Wildman–Crippen LogP) is 2.35. The average Bonchev–Trinajstić information content (AvgIpc) is 2.45. The van der Waals surface area contributed by atoms with Crippen molar-refractivity contribution in [3.8, 4) is 0 Å². The zero-order chi connectivity index (χ0) is 17.5. The van der Waals surface area contributed by atoms with Crippen molar-refractivity contribution < 1.29 is 0 Å². The van der Waals surface area contributed by atoms with Crippen LogP contribution in [0.5, 0.6) is 0 Å². The van der Waals surface area contributed by atoms with E-state index in [1.807, 2.05) is 0 Å². The average molecular weight is 337 g/mol. The minimum absolute atomic E-state index is 0.326. The van der Waals surface area contributed by atoms with Gasteiger partial charge in [-0.1, -0.05) is 0 Å². The maximum atomic E-state index is 2.76. The highest BCUT2D eigenvalue weighted by Gasteiger charge is 2.40. The molecule has 0 aromatic carbocycles. The molecule has 0 aromatic heterocycles. The van der Waals surface area contributed by atoms with E-state index < -0.39 is 0 Å². The first-order valence-corrected chi connectivity index (χ1v) is 10.1. The van der Waals surface area contributed by atoms with Gasteiger partial charge in [-0.2, -0.15) is 0 Å². The molecule has 0 saturated carbocycles. The Hall–Kier alpha value is -0.160. The Kier molecular flexibility index (Phi) is 5.33. The lowest BCUT2D eigenvalue weighted by atomic mass is 9.93. The van der Waals surface area contributed by atoms with Crippen LogP contribution < -0.4 is 0 Å². The third-order valence-electron chi connectivity index (χ3n) is 6.53. The maximum Gasteiger partial charge on any atom is 0.0351 e. The van der Waals surface area contributed by atoms with Crippen LogP contribution in [0.4, 0.5) is 0 Å². The summed E-state index contributed by atoms with van der Waals surface area (Å²) in [6.45, 7) is 24.3. The van der Waals surface area contributed by atoms with E-state index in [1.165, 1.54) is 65.2 Å². The molecule has 3 saturated heterocycles. The second-order valence-electron chi connectivity index (χ2n) is 10.2. The maximum absolute atomic E-state index is 2.76. The van der Waals surface area contributed by atoms with Gasteiger partial charge in [0.25, 0.3) is 0 Å². The van der Waals surface area contributed by atoms with Crippen LogP contribution in [0.25, 0.3) is 0 Å². The lowest BCUT2D eigenvalue weighted by Gasteiger charge is -2.54. The third-order valence-corrected chi connectivity index (χ3v) is 6.53. The van der Waals surface area contributed by atoms with E-state index in [-0.39, 0.29) is 0 Å². The molecule has 1 atom stereocenters. The van der Waals surface area contributed by atoms with E-state index >= 15 is 0 Å². The molecular weight excluding hydrogens is 296 g/mol. The van der Waals surface area contributed by atoms with E-state index in [1.54, 1.807) is 0 Å². The lowest BCUT2D eigenvalue weighted by molar-refractivity contribution is -0.0508. The van der Waals surface area contributed by atoms with Crippen LogP contribution in [-0.4, -0.2) is 95.1 Å². The molecule has 3 heterocycles. The summed E-state index contributed by atoms with van der Waals surface area (Å²) in [5.41, 5.74) is 0.655. The van der Waals surface area contributed by atoms with Gasteiger partial charge in [-0.25, -0.2) is 0 Å². The van der Waals surface area contributed by atoms with E-state index in [0.29, 0.717) is 11.1 Å². The first kappa shape index (κ1) is 18.6. The minimum atomic E-state index is 0.326. The smallest absolute Gasteiger partial charge is 0.0351 e. The summed E-state index contributed by atoms with van der Waals surface area (Å²) in [5.74, 6) is 0. The van der Waals surface area contributed by atoms with Gasteiger partial charge in [-0.15, -0.1) is 0 Å². The molecule has 3 aliphatic rings. The third kappa shape index (κ3) is 4.14. The Balaban J connectivity index is 1.43. The van der Waals surface area contributed by atoms with Crippen molar-refractivity contribution in [2.45, 2.75) is 77.5 Å². The quantitative estimate of drug-likeness (QED) is 0.767. The number of hydrogen-bond donors (Lipinski definition) is 0. The lowest BCUT2D eigenvalue weighted by Crippen LogP contribution is -2.68. The van der Waals surface area contributed by atoms with Gasteiger partial charge in [0, 0.05) is 69.0 Å². The van der Waals surface area contributed by atoms with Crippen LogP contribution >= 0.6 is 0 Å². The molecule has 0 aliphatic carbocycles. The number of piperidine rings is 1. The van der Waals surface area contributed by atoms with Crippen molar-refractivity contribution in [1.82, 2.24) is 19.6 Å². The summed E-state index contributed by atoms with van der Waals surface area (Å²) in [4.78, 5) is 10.8. The molecule has 3 aliphatic heterocycles. The Morgan fingerprint density at radius 2 is 1.17 bits per heavy atom. The van der Waals surface area contributed by atoms with Crippen LogP contribution in [0.3, 0.4) is 0 Å². The molecule has 1 unspecified atom stereocenters. The highest BCUT2D eigenvalue weighted by atomic mass is 15.4. The normalized spacial score (nSPS) is 30.5. The van der Waals surface area contributed by atoms with Gasteiger partial charge in [0.05, 0.1) is 0 Å². The molecule has 4 nitrogen and oxygen atoms in total. The first-order chi connectivity index (χ1) is 11.1. The van der Waals surface area contributed by atoms with Gasteiger partial charge < -0.3 is 0 Å². The fourth-order valence-electron chi connectivity index (χ4n) is 4.64. The SMILES string of the molecule is CC(C)(C)N1CCN(C2CN(C3CCCN(C(C)(C)C)C3)C2)CC1. The van der Waals surface area contributed by atoms with Crippen LogP contribution in [0.1, 0.15) is 54.4 Å². The van der Waals surface area contributed by atoms with Gasteiger partial charge in [-0.3, -0.25) is 19.6 Å². The summed E-state index contributed by atoms with van der Waals surface area (Å²) >= 11 is 0. The second kappa shape index (κ2) is 6.86. The fourth-order valence-corrected chi connectivity index (χ4v) is 4.64. The molecule has 0 radical (unpaired) electrons. The Bertz CT molecular complexity index is 408. The molecule has 0 spiro atoms. The van der Waals surface area contributed by atoms with Crippen molar-refractivity contribution in [3.63, 3.8) is 0 Å². The molecule has 24 heavy (non-hydrogen) atoms. The highest BCUT2D eigenvalue weighted by molar-refractivity contribution is 4.97. The van der Waals surface area contributed by atoms with E-state index in [0.717, 1.165) is 12.1 Å². The van der Waals surface area contributed by atoms with E-state index in [2.05, 4.69) is 61.1 Å². The topological polar surface area (TPSA) is 13.0 Å². The summed E-state index contributed by atoms with van der Waals surface area (Å²) in [7, 11) is 0. The number of likely N-dealkylation sites (tertiary alicyclic amines) is 2. The summed E-state index contributed by atoms with van der Waals surface area (Å²) in [5, 5.41) is 0. The van der Waals surface area contributed by atoms with Gasteiger partial charge >= 0.3 is 0 Å². The Labute approximate surface area is 150 Å². The van der Waals surface area contributed by atoms with Crippen molar-refractivity contribution in [2.24, 2.45) is 0 Å². The zero-order valence-electron chi connectivity index (χ0n) is 17.0. The largest absolute Gasteiger partial charge is 0.297 e. The van der Waals surface area contributed by atoms with Crippen molar-refractivity contribution in [2.75, 3.05) is 52.4 Å². The molecule has 3 fully saturated rings.